The van der Waals surface area contributed by atoms with Crippen LogP contribution in [-0.4, -0.2) is 44.8 Å². The van der Waals surface area contributed by atoms with Crippen molar-refractivity contribution in [1.82, 2.24) is 0 Å². The topological polar surface area (TPSA) is 166 Å². The fraction of sp³-hybridized carbons (Fsp3) is 1.00. The maximum Gasteiger partial charge on any atom is 0.0512 e. The second-order valence-corrected chi connectivity index (χ2v) is 2.78. The van der Waals surface area contributed by atoms with Crippen molar-refractivity contribution in [3.63, 3.8) is 0 Å². The maximum absolute atomic E-state index is 8.86. The molecule has 94 valence electrons. The molecule has 0 saturated heterocycles. The van der Waals surface area contributed by atoms with Crippen LogP contribution in [0, 0.1) is 0 Å². The molecule has 0 amide bonds. The molecule has 0 radical (unpaired) electrons. The van der Waals surface area contributed by atoms with Crippen LogP contribution in [0.5, 0.6) is 0 Å². The normalized spacial score (nSPS) is 9.64. The van der Waals surface area contributed by atoms with Crippen molar-refractivity contribution in [1.29, 1.82) is 0 Å². The van der Waals surface area contributed by atoms with E-state index in [1.807, 2.05) is 6.92 Å². The summed E-state index contributed by atoms with van der Waals surface area (Å²) in [6.45, 7) is 2.11. The lowest BCUT2D eigenvalue weighted by atomic mass is 10.1. The van der Waals surface area contributed by atoms with Gasteiger partial charge in [0.2, 0.25) is 0 Å². The lowest BCUT2D eigenvalue weighted by Gasteiger charge is -2.01. The quantitative estimate of drug-likeness (QED) is 0.493. The van der Waals surface area contributed by atoms with Crippen molar-refractivity contribution in [3.8, 4) is 0 Å². The Morgan fingerprint density at radius 1 is 0.857 bits per heavy atom. The van der Waals surface area contributed by atoms with Gasteiger partial charge in [-0.15, -0.1) is 0 Å². The number of hydrogen-bond acceptors (Lipinski definition) is 2. The SMILES string of the molecule is CC(O)CCCCCCO.O.O.O.O. The van der Waals surface area contributed by atoms with Crippen LogP contribution in [-0.2, 0) is 0 Å². The lowest BCUT2D eigenvalue weighted by molar-refractivity contribution is 0.179. The maximum atomic E-state index is 8.86. The standard InChI is InChI=1S/C8H18O2.4H2O/c1-8(10)6-4-2-3-5-7-9;;;;/h8-10H,2-7H2,1H3;4*1H2. The van der Waals surface area contributed by atoms with Crippen LogP contribution in [0.2, 0.25) is 0 Å². The zero-order chi connectivity index (χ0) is 7.82. The van der Waals surface area contributed by atoms with Gasteiger partial charge in [-0.3, -0.25) is 0 Å². The van der Waals surface area contributed by atoms with Gasteiger partial charge >= 0.3 is 0 Å². The number of hydrogen-bond donors (Lipinski definition) is 2. The minimum atomic E-state index is -0.158. The molecule has 0 rings (SSSR count). The largest absolute Gasteiger partial charge is 0.412 e. The first-order chi connectivity index (χ1) is 4.77. The van der Waals surface area contributed by atoms with Gasteiger partial charge in [-0.25, -0.2) is 0 Å². The van der Waals surface area contributed by atoms with Gasteiger partial charge in [-0.2, -0.15) is 0 Å². The molecular formula is C8H26O6. The molecule has 1 unspecified atom stereocenters. The molecule has 10 N–H and O–H groups in total. The van der Waals surface area contributed by atoms with Crippen LogP contribution in [0.3, 0.4) is 0 Å². The van der Waals surface area contributed by atoms with Gasteiger partial charge in [0.15, 0.2) is 0 Å². The van der Waals surface area contributed by atoms with E-state index in [0.29, 0.717) is 6.61 Å². The summed E-state index contributed by atoms with van der Waals surface area (Å²) < 4.78 is 0. The van der Waals surface area contributed by atoms with E-state index in [2.05, 4.69) is 0 Å². The Labute approximate surface area is 84.8 Å². The third-order valence-electron chi connectivity index (χ3n) is 1.53. The third-order valence-corrected chi connectivity index (χ3v) is 1.53. The zero-order valence-electron chi connectivity index (χ0n) is 8.71. The molecule has 6 heteroatoms. The molecule has 0 aliphatic carbocycles. The van der Waals surface area contributed by atoms with Crippen LogP contribution in [0.15, 0.2) is 0 Å². The van der Waals surface area contributed by atoms with Gasteiger partial charge in [-0.05, 0) is 19.8 Å². The van der Waals surface area contributed by atoms with Crippen LogP contribution in [0.25, 0.3) is 0 Å². The van der Waals surface area contributed by atoms with E-state index in [4.69, 9.17) is 10.2 Å². The molecule has 0 saturated carbocycles. The van der Waals surface area contributed by atoms with E-state index >= 15 is 0 Å². The molecule has 0 aromatic heterocycles. The Morgan fingerprint density at radius 2 is 1.29 bits per heavy atom. The first kappa shape index (κ1) is 29.2. The summed E-state index contributed by atoms with van der Waals surface area (Å²) in [6, 6.07) is 0. The highest BCUT2D eigenvalue weighted by Gasteiger charge is 1.94. The minimum Gasteiger partial charge on any atom is -0.412 e. The van der Waals surface area contributed by atoms with Crippen molar-refractivity contribution >= 4 is 0 Å². The van der Waals surface area contributed by atoms with Crippen molar-refractivity contribution in [2.24, 2.45) is 0 Å². The molecule has 0 aromatic carbocycles. The van der Waals surface area contributed by atoms with Gasteiger partial charge in [0.1, 0.15) is 0 Å². The van der Waals surface area contributed by atoms with Gasteiger partial charge in [0.05, 0.1) is 6.10 Å². The molecule has 1 atom stereocenters. The average molecular weight is 218 g/mol. The van der Waals surface area contributed by atoms with E-state index in [-0.39, 0.29) is 28.0 Å². The predicted octanol–water partition coefficient (Wildman–Crippen LogP) is -1.99. The van der Waals surface area contributed by atoms with Crippen molar-refractivity contribution in [3.05, 3.63) is 0 Å². The van der Waals surface area contributed by atoms with Crippen molar-refractivity contribution in [2.45, 2.75) is 45.1 Å². The van der Waals surface area contributed by atoms with E-state index in [1.54, 1.807) is 0 Å². The van der Waals surface area contributed by atoms with Gasteiger partial charge < -0.3 is 32.1 Å². The number of unbranched alkanes of at least 4 members (excludes halogenated alkanes) is 3. The van der Waals surface area contributed by atoms with Crippen LogP contribution < -0.4 is 0 Å². The summed E-state index contributed by atoms with van der Waals surface area (Å²) in [6.07, 6.45) is 4.94. The fourth-order valence-electron chi connectivity index (χ4n) is 0.905. The summed E-state index contributed by atoms with van der Waals surface area (Å²) in [5, 5.41) is 17.3. The molecule has 0 spiro atoms. The Balaban J connectivity index is -0.0000000675. The minimum absolute atomic E-state index is 0. The Kier molecular flexibility index (Phi) is 48.0. The summed E-state index contributed by atoms with van der Waals surface area (Å²) >= 11 is 0. The van der Waals surface area contributed by atoms with Gasteiger partial charge in [0, 0.05) is 6.61 Å². The van der Waals surface area contributed by atoms with Crippen LogP contribution in [0.1, 0.15) is 39.0 Å². The third kappa shape index (κ3) is 29.8. The van der Waals surface area contributed by atoms with Gasteiger partial charge in [0.25, 0.3) is 0 Å². The lowest BCUT2D eigenvalue weighted by Crippen LogP contribution is -1.98. The van der Waals surface area contributed by atoms with E-state index in [9.17, 15) is 0 Å². The number of rotatable bonds is 6. The summed E-state index contributed by atoms with van der Waals surface area (Å²) in [5.41, 5.74) is 0. The first-order valence-corrected chi connectivity index (χ1v) is 4.06. The highest BCUT2D eigenvalue weighted by atomic mass is 16.3. The van der Waals surface area contributed by atoms with Crippen LogP contribution >= 0.6 is 0 Å². The van der Waals surface area contributed by atoms with E-state index in [0.717, 1.165) is 32.1 Å². The first-order valence-electron chi connectivity index (χ1n) is 4.06. The molecule has 6 nitrogen and oxygen atoms in total. The highest BCUT2D eigenvalue weighted by Crippen LogP contribution is 2.04. The second-order valence-electron chi connectivity index (χ2n) is 2.78. The molecule has 0 aromatic rings. The summed E-state index contributed by atoms with van der Waals surface area (Å²) in [5.74, 6) is 0. The Bertz CT molecular complexity index is 68.9. The smallest absolute Gasteiger partial charge is 0.0512 e. The molecule has 0 aliphatic rings. The Morgan fingerprint density at radius 3 is 1.64 bits per heavy atom. The number of aliphatic hydroxyl groups excluding tert-OH is 2. The zero-order valence-corrected chi connectivity index (χ0v) is 8.71. The molecular weight excluding hydrogens is 192 g/mol. The molecule has 0 fully saturated rings. The number of aliphatic hydroxyl groups is 2. The molecule has 0 bridgehead atoms. The monoisotopic (exact) mass is 218 g/mol. The van der Waals surface area contributed by atoms with Crippen molar-refractivity contribution in [2.75, 3.05) is 6.61 Å². The van der Waals surface area contributed by atoms with Crippen molar-refractivity contribution < 1.29 is 32.1 Å². The van der Waals surface area contributed by atoms with E-state index < -0.39 is 0 Å². The molecule has 0 aliphatic heterocycles. The summed E-state index contributed by atoms with van der Waals surface area (Å²) in [7, 11) is 0. The summed E-state index contributed by atoms with van der Waals surface area (Å²) in [4.78, 5) is 0. The predicted molar refractivity (Wildman–Crippen MR) is 56.3 cm³/mol. The molecule has 14 heavy (non-hydrogen) atoms. The van der Waals surface area contributed by atoms with E-state index in [1.165, 1.54) is 0 Å². The average Bonchev–Trinajstić information content (AvgIpc) is 1.87. The highest BCUT2D eigenvalue weighted by molar-refractivity contribution is 4.48. The second kappa shape index (κ2) is 23.0. The van der Waals surface area contributed by atoms with Crippen LogP contribution in [0.4, 0.5) is 0 Å². The van der Waals surface area contributed by atoms with Gasteiger partial charge in [-0.1, -0.05) is 19.3 Å². The Hall–Kier alpha value is -0.240. The molecule has 0 heterocycles. The fourth-order valence-corrected chi connectivity index (χ4v) is 0.905.